The number of amides is 1. The molecule has 33 heavy (non-hydrogen) atoms. The molecule has 3 aliphatic rings. The highest BCUT2D eigenvalue weighted by molar-refractivity contribution is 5.85. The average Bonchev–Trinajstić information content (AvgIpc) is 3.25. The fourth-order valence-electron chi connectivity index (χ4n) is 5.98. The number of aromatic nitrogens is 2. The lowest BCUT2D eigenvalue weighted by Gasteiger charge is -2.50. The minimum atomic E-state index is -0.237. The van der Waals surface area contributed by atoms with Crippen LogP contribution in [0.2, 0.25) is 0 Å². The Kier molecular flexibility index (Phi) is 9.42. The van der Waals surface area contributed by atoms with Crippen molar-refractivity contribution in [1.29, 1.82) is 0 Å². The SMILES string of the molecule is Cl.Cl.O=C(NCCCn1ncc2ccccc21)[C@@]12CC[C@H](N3CCOCC3)C[C@H]1CCNC2. The standard InChI is InChI=1S/C24H35N5O2.2ClH/c30-23(26-9-3-11-29-22-5-2-1-4-19(22)17-27-29)24-8-6-21(28-12-14-31-15-13-28)16-20(24)7-10-25-18-24;;/h1-2,4-5,17,20-21,25H,3,6-16,18H2,(H,26,30);2*1H/t20-,21+,24-;;/m1../s1. The molecule has 1 aromatic carbocycles. The van der Waals surface area contributed by atoms with E-state index in [4.69, 9.17) is 4.74 Å². The van der Waals surface area contributed by atoms with Crippen molar-refractivity contribution in [3.8, 4) is 0 Å². The van der Waals surface area contributed by atoms with Crippen molar-refractivity contribution >= 4 is 41.6 Å². The second-order valence-corrected chi connectivity index (χ2v) is 9.43. The highest BCUT2D eigenvalue weighted by Crippen LogP contribution is 2.46. The van der Waals surface area contributed by atoms with Crippen LogP contribution in [0.4, 0.5) is 0 Å². The number of fused-ring (bicyclic) bond motifs is 2. The normalized spacial score (nSPS) is 27.8. The molecule has 184 valence electrons. The Bertz CT molecular complexity index is 904. The summed E-state index contributed by atoms with van der Waals surface area (Å²) < 4.78 is 7.58. The van der Waals surface area contributed by atoms with Gasteiger partial charge in [-0.2, -0.15) is 5.10 Å². The predicted octanol–water partition coefficient (Wildman–Crippen LogP) is 2.87. The molecule has 2 aromatic rings. The van der Waals surface area contributed by atoms with Crippen LogP contribution in [0.3, 0.4) is 0 Å². The number of morpholine rings is 1. The molecule has 9 heteroatoms. The van der Waals surface area contributed by atoms with Crippen molar-refractivity contribution in [1.82, 2.24) is 25.3 Å². The lowest BCUT2D eigenvalue weighted by atomic mass is 9.61. The summed E-state index contributed by atoms with van der Waals surface area (Å²) in [6, 6.07) is 8.89. The molecule has 1 aromatic heterocycles. The number of ether oxygens (including phenoxy) is 1. The topological polar surface area (TPSA) is 71.4 Å². The van der Waals surface area contributed by atoms with Gasteiger partial charge >= 0.3 is 0 Å². The van der Waals surface area contributed by atoms with Crippen LogP contribution in [0, 0.1) is 11.3 Å². The molecule has 0 unspecified atom stereocenters. The maximum Gasteiger partial charge on any atom is 0.227 e. The van der Waals surface area contributed by atoms with Gasteiger partial charge in [0.25, 0.3) is 0 Å². The van der Waals surface area contributed by atoms with Gasteiger partial charge < -0.3 is 15.4 Å². The van der Waals surface area contributed by atoms with Gasteiger partial charge in [-0.05, 0) is 50.6 Å². The van der Waals surface area contributed by atoms with Crippen molar-refractivity contribution in [2.45, 2.75) is 44.7 Å². The van der Waals surface area contributed by atoms with E-state index in [2.05, 4.69) is 32.8 Å². The predicted molar refractivity (Wildman–Crippen MR) is 135 cm³/mol. The third-order valence-electron chi connectivity index (χ3n) is 7.77. The Labute approximate surface area is 208 Å². The Hall–Kier alpha value is -1.38. The van der Waals surface area contributed by atoms with Gasteiger partial charge in [-0.25, -0.2) is 0 Å². The van der Waals surface area contributed by atoms with Gasteiger partial charge in [-0.1, -0.05) is 18.2 Å². The van der Waals surface area contributed by atoms with Crippen LogP contribution >= 0.6 is 24.8 Å². The summed E-state index contributed by atoms with van der Waals surface area (Å²) in [7, 11) is 0. The van der Waals surface area contributed by atoms with Crippen LogP contribution < -0.4 is 10.6 Å². The molecule has 2 saturated heterocycles. The second kappa shape index (κ2) is 11.8. The van der Waals surface area contributed by atoms with Gasteiger partial charge in [0.1, 0.15) is 0 Å². The van der Waals surface area contributed by atoms with E-state index >= 15 is 0 Å². The van der Waals surface area contributed by atoms with E-state index in [-0.39, 0.29) is 36.1 Å². The first-order valence-corrected chi connectivity index (χ1v) is 12.0. The van der Waals surface area contributed by atoms with Gasteiger partial charge in [0.15, 0.2) is 0 Å². The summed E-state index contributed by atoms with van der Waals surface area (Å²) in [6.07, 6.45) is 7.16. The number of carbonyl (C=O) groups is 1. The van der Waals surface area contributed by atoms with Crippen LogP contribution in [-0.2, 0) is 16.1 Å². The number of hydrogen-bond acceptors (Lipinski definition) is 5. The second-order valence-electron chi connectivity index (χ2n) is 9.43. The van der Waals surface area contributed by atoms with Gasteiger partial charge in [0, 0.05) is 44.2 Å². The molecule has 0 spiro atoms. The van der Waals surface area contributed by atoms with E-state index in [0.717, 1.165) is 83.6 Å². The maximum absolute atomic E-state index is 13.4. The Balaban J connectivity index is 0.00000153. The first-order chi connectivity index (χ1) is 15.3. The molecule has 3 heterocycles. The highest BCUT2D eigenvalue weighted by atomic mass is 35.5. The number of halogens is 2. The summed E-state index contributed by atoms with van der Waals surface area (Å²) >= 11 is 0. The number of carbonyl (C=O) groups excluding carboxylic acids is 1. The molecule has 2 N–H and O–H groups in total. The summed E-state index contributed by atoms with van der Waals surface area (Å²) in [6.45, 7) is 7.15. The Morgan fingerprint density at radius 3 is 2.88 bits per heavy atom. The van der Waals surface area contributed by atoms with Gasteiger partial charge in [-0.15, -0.1) is 24.8 Å². The summed E-state index contributed by atoms with van der Waals surface area (Å²) in [5, 5.41) is 12.5. The molecule has 2 aliphatic heterocycles. The van der Waals surface area contributed by atoms with Crippen molar-refractivity contribution in [2.75, 3.05) is 45.9 Å². The first-order valence-electron chi connectivity index (χ1n) is 12.0. The molecule has 1 saturated carbocycles. The van der Waals surface area contributed by atoms with Crippen LogP contribution in [0.25, 0.3) is 10.9 Å². The molecule has 5 rings (SSSR count). The number of nitrogens with zero attached hydrogens (tertiary/aromatic N) is 3. The number of hydrogen-bond donors (Lipinski definition) is 2. The van der Waals surface area contributed by atoms with E-state index in [1.54, 1.807) is 0 Å². The maximum atomic E-state index is 13.4. The van der Waals surface area contributed by atoms with E-state index in [9.17, 15) is 4.79 Å². The fraction of sp³-hybridized carbons (Fsp3) is 0.667. The zero-order chi connectivity index (χ0) is 21.1. The van der Waals surface area contributed by atoms with E-state index in [1.807, 2.05) is 23.0 Å². The monoisotopic (exact) mass is 497 g/mol. The lowest BCUT2D eigenvalue weighted by molar-refractivity contribution is -0.140. The number of aryl methyl sites for hydroxylation is 1. The summed E-state index contributed by atoms with van der Waals surface area (Å²) in [4.78, 5) is 16.0. The number of piperidine rings is 1. The molecular weight excluding hydrogens is 461 g/mol. The molecule has 3 fully saturated rings. The molecular formula is C24H37Cl2N5O2. The minimum Gasteiger partial charge on any atom is -0.379 e. The zero-order valence-corrected chi connectivity index (χ0v) is 20.8. The Morgan fingerprint density at radius 1 is 1.21 bits per heavy atom. The minimum absolute atomic E-state index is 0. The molecule has 0 radical (unpaired) electrons. The lowest BCUT2D eigenvalue weighted by Crippen LogP contribution is -2.60. The van der Waals surface area contributed by atoms with Crippen LogP contribution in [0.1, 0.15) is 32.1 Å². The van der Waals surface area contributed by atoms with Crippen molar-refractivity contribution in [3.63, 3.8) is 0 Å². The largest absolute Gasteiger partial charge is 0.379 e. The number of para-hydroxylation sites is 1. The van der Waals surface area contributed by atoms with Crippen molar-refractivity contribution in [2.24, 2.45) is 11.3 Å². The number of benzene rings is 1. The van der Waals surface area contributed by atoms with E-state index in [0.29, 0.717) is 18.5 Å². The summed E-state index contributed by atoms with van der Waals surface area (Å²) in [5.41, 5.74) is 0.921. The van der Waals surface area contributed by atoms with Crippen LogP contribution in [0.15, 0.2) is 30.5 Å². The van der Waals surface area contributed by atoms with Gasteiger partial charge in [0.05, 0.1) is 30.3 Å². The first kappa shape index (κ1) is 26.2. The van der Waals surface area contributed by atoms with E-state index < -0.39 is 0 Å². The van der Waals surface area contributed by atoms with Crippen LogP contribution in [-0.4, -0.2) is 72.6 Å². The van der Waals surface area contributed by atoms with Crippen molar-refractivity contribution < 1.29 is 9.53 Å². The van der Waals surface area contributed by atoms with Gasteiger partial charge in [-0.3, -0.25) is 14.4 Å². The van der Waals surface area contributed by atoms with Crippen LogP contribution in [0.5, 0.6) is 0 Å². The molecule has 7 nitrogen and oxygen atoms in total. The van der Waals surface area contributed by atoms with Gasteiger partial charge in [0.2, 0.25) is 5.91 Å². The van der Waals surface area contributed by atoms with Crippen molar-refractivity contribution in [3.05, 3.63) is 30.5 Å². The molecule has 1 amide bonds. The smallest absolute Gasteiger partial charge is 0.227 e. The van der Waals surface area contributed by atoms with E-state index in [1.165, 1.54) is 5.39 Å². The Morgan fingerprint density at radius 2 is 2.03 bits per heavy atom. The highest BCUT2D eigenvalue weighted by Gasteiger charge is 2.50. The molecule has 1 aliphatic carbocycles. The molecule has 0 bridgehead atoms. The third kappa shape index (κ3) is 5.49. The quantitative estimate of drug-likeness (QED) is 0.600. The fourth-order valence-corrected chi connectivity index (χ4v) is 5.98. The summed E-state index contributed by atoms with van der Waals surface area (Å²) in [5.74, 6) is 0.737. The number of rotatable bonds is 6. The third-order valence-corrected chi connectivity index (χ3v) is 7.77. The zero-order valence-electron chi connectivity index (χ0n) is 19.2. The number of nitrogens with one attached hydrogen (secondary N) is 2. The average molecular weight is 498 g/mol. The molecule has 3 atom stereocenters.